The molecule has 0 bridgehead atoms. The largest absolute Gasteiger partial charge is 0.545 e. The van der Waals surface area contributed by atoms with Crippen LogP contribution in [0.2, 0.25) is 0 Å². The predicted octanol–water partition coefficient (Wildman–Crippen LogP) is 0.623. The van der Waals surface area contributed by atoms with Crippen LogP contribution in [0.25, 0.3) is 0 Å². The predicted molar refractivity (Wildman–Crippen MR) is 61.2 cm³/mol. The van der Waals surface area contributed by atoms with Crippen LogP contribution in [0, 0.1) is 0 Å². The Bertz CT molecular complexity index is 398. The van der Waals surface area contributed by atoms with Gasteiger partial charge in [0.15, 0.2) is 0 Å². The zero-order chi connectivity index (χ0) is 11.5. The van der Waals surface area contributed by atoms with Crippen molar-refractivity contribution in [2.75, 3.05) is 23.7 Å². The van der Waals surface area contributed by atoms with Gasteiger partial charge in [0.25, 0.3) is 0 Å². The Morgan fingerprint density at radius 3 is 2.50 bits per heavy atom. The molecular weight excluding hydrogens is 204 g/mol. The van der Waals surface area contributed by atoms with E-state index in [0.29, 0.717) is 5.69 Å². The van der Waals surface area contributed by atoms with Crippen LogP contribution >= 0.6 is 0 Å². The number of nitrogens with zero attached hydrogens (tertiary/aromatic N) is 1. The molecule has 0 amide bonds. The highest BCUT2D eigenvalue weighted by molar-refractivity contribution is 5.89. The number of hydrogen-bond acceptors (Lipinski definition) is 4. The number of rotatable bonds is 2. The van der Waals surface area contributed by atoms with Crippen LogP contribution in [0.3, 0.4) is 0 Å². The first-order valence-electron chi connectivity index (χ1n) is 5.54. The van der Waals surface area contributed by atoms with E-state index in [1.165, 1.54) is 25.3 Å². The Hall–Kier alpha value is -1.71. The molecule has 1 aromatic carbocycles. The van der Waals surface area contributed by atoms with Gasteiger partial charge in [-0.05, 0) is 37.0 Å². The first-order valence-corrected chi connectivity index (χ1v) is 5.54. The minimum Gasteiger partial charge on any atom is -0.545 e. The average molecular weight is 219 g/mol. The Morgan fingerprint density at radius 1 is 1.25 bits per heavy atom. The van der Waals surface area contributed by atoms with Gasteiger partial charge >= 0.3 is 0 Å². The molecule has 86 valence electrons. The molecule has 0 radical (unpaired) electrons. The van der Waals surface area contributed by atoms with E-state index in [4.69, 9.17) is 5.73 Å². The van der Waals surface area contributed by atoms with E-state index >= 15 is 0 Å². The minimum absolute atomic E-state index is 0.137. The lowest BCUT2D eigenvalue weighted by molar-refractivity contribution is -0.255. The summed E-state index contributed by atoms with van der Waals surface area (Å²) in [5.41, 5.74) is 7.45. The number of aromatic carboxylic acids is 1. The molecule has 0 saturated carbocycles. The third kappa shape index (κ3) is 2.10. The highest BCUT2D eigenvalue weighted by atomic mass is 16.4. The van der Waals surface area contributed by atoms with E-state index < -0.39 is 5.97 Å². The molecule has 0 unspecified atom stereocenters. The van der Waals surface area contributed by atoms with Crippen LogP contribution in [0.15, 0.2) is 18.2 Å². The first kappa shape index (κ1) is 10.8. The van der Waals surface area contributed by atoms with Gasteiger partial charge in [-0.1, -0.05) is 6.07 Å². The summed E-state index contributed by atoms with van der Waals surface area (Å²) in [4.78, 5) is 12.9. The summed E-state index contributed by atoms with van der Waals surface area (Å²) in [6.45, 7) is 1.99. The molecule has 0 aromatic heterocycles. The van der Waals surface area contributed by atoms with E-state index in [1.807, 2.05) is 0 Å². The summed E-state index contributed by atoms with van der Waals surface area (Å²) in [7, 11) is 0. The molecule has 1 saturated heterocycles. The van der Waals surface area contributed by atoms with Crippen LogP contribution in [-0.4, -0.2) is 19.1 Å². The lowest BCUT2D eigenvalue weighted by Crippen LogP contribution is -2.30. The van der Waals surface area contributed by atoms with Crippen LogP contribution in [-0.2, 0) is 0 Å². The molecule has 4 nitrogen and oxygen atoms in total. The van der Waals surface area contributed by atoms with E-state index in [-0.39, 0.29) is 5.56 Å². The molecule has 1 heterocycles. The van der Waals surface area contributed by atoms with Crippen molar-refractivity contribution in [2.45, 2.75) is 19.3 Å². The molecular formula is C12H15N2O2-. The summed E-state index contributed by atoms with van der Waals surface area (Å²) in [6.07, 6.45) is 3.59. The van der Waals surface area contributed by atoms with Gasteiger partial charge in [-0.25, -0.2) is 0 Å². The maximum absolute atomic E-state index is 10.7. The molecule has 1 aliphatic heterocycles. The SMILES string of the molecule is Nc1cc(C(=O)[O-])ccc1N1CCCCC1. The zero-order valence-corrected chi connectivity index (χ0v) is 9.11. The molecule has 1 aliphatic rings. The molecule has 2 rings (SSSR count). The standard InChI is InChI=1S/C12H16N2O2/c13-10-8-9(12(15)16)4-5-11(10)14-6-2-1-3-7-14/h4-5,8H,1-3,6-7,13H2,(H,15,16)/p-1. The second kappa shape index (κ2) is 4.43. The van der Waals surface area contributed by atoms with Crippen molar-refractivity contribution in [1.29, 1.82) is 0 Å². The average Bonchev–Trinajstić information content (AvgIpc) is 2.30. The van der Waals surface area contributed by atoms with Crippen molar-refractivity contribution in [3.63, 3.8) is 0 Å². The van der Waals surface area contributed by atoms with E-state index in [0.717, 1.165) is 18.8 Å². The topological polar surface area (TPSA) is 69.4 Å². The summed E-state index contributed by atoms with van der Waals surface area (Å²) < 4.78 is 0. The molecule has 1 aromatic rings. The molecule has 0 atom stereocenters. The van der Waals surface area contributed by atoms with E-state index in [1.54, 1.807) is 12.1 Å². The van der Waals surface area contributed by atoms with Crippen LogP contribution in [0.1, 0.15) is 29.6 Å². The molecule has 0 spiro atoms. The summed E-state index contributed by atoms with van der Waals surface area (Å²) in [6, 6.07) is 4.79. The molecule has 0 aliphatic carbocycles. The maximum Gasteiger partial charge on any atom is 0.0716 e. The number of benzene rings is 1. The molecule has 4 heteroatoms. The second-order valence-corrected chi connectivity index (χ2v) is 4.11. The quantitative estimate of drug-likeness (QED) is 0.740. The van der Waals surface area contributed by atoms with Gasteiger partial charge in [-0.2, -0.15) is 0 Å². The number of hydrogen-bond donors (Lipinski definition) is 1. The van der Waals surface area contributed by atoms with Crippen LogP contribution < -0.4 is 15.7 Å². The van der Waals surface area contributed by atoms with Crippen LogP contribution in [0.5, 0.6) is 0 Å². The van der Waals surface area contributed by atoms with Gasteiger partial charge in [-0.15, -0.1) is 0 Å². The van der Waals surface area contributed by atoms with Gasteiger partial charge < -0.3 is 20.5 Å². The Labute approximate surface area is 94.7 Å². The number of piperidine rings is 1. The third-order valence-corrected chi connectivity index (χ3v) is 2.96. The number of nitrogens with two attached hydrogens (primary N) is 1. The Balaban J connectivity index is 2.24. The van der Waals surface area contributed by atoms with Crippen molar-refractivity contribution >= 4 is 17.3 Å². The van der Waals surface area contributed by atoms with Gasteiger partial charge in [0.1, 0.15) is 0 Å². The normalized spacial score (nSPS) is 16.1. The van der Waals surface area contributed by atoms with Crippen molar-refractivity contribution < 1.29 is 9.90 Å². The van der Waals surface area contributed by atoms with Crippen LogP contribution in [0.4, 0.5) is 11.4 Å². The Morgan fingerprint density at radius 2 is 1.94 bits per heavy atom. The summed E-state index contributed by atoms with van der Waals surface area (Å²) in [5.74, 6) is -1.18. The van der Waals surface area contributed by atoms with E-state index in [2.05, 4.69) is 4.90 Å². The maximum atomic E-state index is 10.7. The second-order valence-electron chi connectivity index (χ2n) is 4.11. The third-order valence-electron chi connectivity index (χ3n) is 2.96. The number of carbonyl (C=O) groups excluding carboxylic acids is 1. The van der Waals surface area contributed by atoms with E-state index in [9.17, 15) is 9.90 Å². The van der Waals surface area contributed by atoms with Gasteiger partial charge in [0, 0.05) is 13.1 Å². The monoisotopic (exact) mass is 219 g/mol. The minimum atomic E-state index is -1.18. The molecule has 1 fully saturated rings. The number of anilines is 2. The van der Waals surface area contributed by atoms with Crippen molar-refractivity contribution in [3.8, 4) is 0 Å². The number of carboxylic acids is 1. The number of carboxylic acid groups (broad SMARTS) is 1. The summed E-state index contributed by atoms with van der Waals surface area (Å²) >= 11 is 0. The van der Waals surface area contributed by atoms with Gasteiger partial charge in [0.2, 0.25) is 0 Å². The summed E-state index contributed by atoms with van der Waals surface area (Å²) in [5, 5.41) is 10.7. The highest BCUT2D eigenvalue weighted by Crippen LogP contribution is 2.26. The van der Waals surface area contributed by atoms with Crippen molar-refractivity contribution in [2.24, 2.45) is 0 Å². The first-order chi connectivity index (χ1) is 7.68. The fourth-order valence-electron chi connectivity index (χ4n) is 2.10. The highest BCUT2D eigenvalue weighted by Gasteiger charge is 2.13. The zero-order valence-electron chi connectivity index (χ0n) is 9.11. The molecule has 16 heavy (non-hydrogen) atoms. The Kier molecular flexibility index (Phi) is 2.99. The fourth-order valence-corrected chi connectivity index (χ4v) is 2.10. The smallest absolute Gasteiger partial charge is 0.0716 e. The van der Waals surface area contributed by atoms with Gasteiger partial charge in [0.05, 0.1) is 17.3 Å². The van der Waals surface area contributed by atoms with Crippen molar-refractivity contribution in [1.82, 2.24) is 0 Å². The lowest BCUT2D eigenvalue weighted by Gasteiger charge is -2.30. The number of nitrogen functional groups attached to an aromatic ring is 1. The molecule has 2 N–H and O–H groups in total. The lowest BCUT2D eigenvalue weighted by atomic mass is 10.1. The fraction of sp³-hybridized carbons (Fsp3) is 0.417. The van der Waals surface area contributed by atoms with Crippen molar-refractivity contribution in [3.05, 3.63) is 23.8 Å². The van der Waals surface area contributed by atoms with Gasteiger partial charge in [-0.3, -0.25) is 0 Å². The number of carbonyl (C=O) groups is 1.